The molecule has 3 N–H and O–H groups in total. The van der Waals surface area contributed by atoms with Crippen molar-refractivity contribution in [3.8, 4) is 0 Å². The maximum absolute atomic E-state index is 5.70. The van der Waals surface area contributed by atoms with E-state index in [0.717, 1.165) is 12.1 Å². The summed E-state index contributed by atoms with van der Waals surface area (Å²) in [5.41, 5.74) is 6.86. The van der Waals surface area contributed by atoms with Crippen molar-refractivity contribution in [3.05, 3.63) is 30.1 Å². The lowest BCUT2D eigenvalue weighted by atomic mass is 10.1. The van der Waals surface area contributed by atoms with Gasteiger partial charge in [-0.25, -0.2) is 0 Å². The van der Waals surface area contributed by atoms with E-state index in [1.807, 2.05) is 12.3 Å². The molecular weight excluding hydrogens is 174 g/mol. The maximum atomic E-state index is 5.70. The number of rotatable bonds is 5. The Morgan fingerprint density at radius 1 is 1.50 bits per heavy atom. The van der Waals surface area contributed by atoms with Gasteiger partial charge in [-0.3, -0.25) is 4.98 Å². The molecule has 0 radical (unpaired) electrons. The summed E-state index contributed by atoms with van der Waals surface area (Å²) in [4.78, 5) is 4.09. The van der Waals surface area contributed by atoms with E-state index in [9.17, 15) is 0 Å². The van der Waals surface area contributed by atoms with Crippen LogP contribution in [0.3, 0.4) is 0 Å². The number of hydrogen-bond acceptors (Lipinski definition) is 3. The first-order chi connectivity index (χ1) is 6.74. The molecule has 0 saturated carbocycles. The molecule has 0 aliphatic rings. The van der Waals surface area contributed by atoms with E-state index in [0.29, 0.717) is 12.5 Å². The monoisotopic (exact) mass is 193 g/mol. The number of hydrogen-bond donors (Lipinski definition) is 2. The van der Waals surface area contributed by atoms with E-state index in [1.165, 1.54) is 0 Å². The van der Waals surface area contributed by atoms with Crippen LogP contribution in [0.25, 0.3) is 0 Å². The van der Waals surface area contributed by atoms with Gasteiger partial charge in [0.25, 0.3) is 0 Å². The minimum atomic E-state index is 0.228. The zero-order valence-corrected chi connectivity index (χ0v) is 8.90. The molecule has 0 aliphatic heterocycles. The van der Waals surface area contributed by atoms with Gasteiger partial charge in [0.2, 0.25) is 0 Å². The van der Waals surface area contributed by atoms with Crippen molar-refractivity contribution in [2.75, 3.05) is 13.1 Å². The summed E-state index contributed by atoms with van der Waals surface area (Å²) in [6, 6.07) is 4.22. The van der Waals surface area contributed by atoms with Crippen molar-refractivity contribution in [2.45, 2.75) is 19.9 Å². The molecule has 0 bridgehead atoms. The number of nitrogens with one attached hydrogen (secondary N) is 1. The Bertz CT molecular complexity index is 246. The van der Waals surface area contributed by atoms with Crippen LogP contribution in [0.4, 0.5) is 0 Å². The zero-order valence-electron chi connectivity index (χ0n) is 8.90. The second-order valence-electron chi connectivity index (χ2n) is 3.88. The summed E-state index contributed by atoms with van der Waals surface area (Å²) in [5.74, 6) is 0.640. The van der Waals surface area contributed by atoms with Crippen LogP contribution >= 0.6 is 0 Å². The minimum Gasteiger partial charge on any atom is -0.329 e. The Morgan fingerprint density at radius 3 is 2.79 bits per heavy atom. The van der Waals surface area contributed by atoms with Crippen molar-refractivity contribution in [3.63, 3.8) is 0 Å². The number of nitrogens with zero attached hydrogens (tertiary/aromatic N) is 1. The topological polar surface area (TPSA) is 50.9 Å². The largest absolute Gasteiger partial charge is 0.329 e. The van der Waals surface area contributed by atoms with E-state index in [-0.39, 0.29) is 6.04 Å². The van der Waals surface area contributed by atoms with E-state index < -0.39 is 0 Å². The molecule has 1 atom stereocenters. The number of nitrogens with two attached hydrogens (primary N) is 1. The van der Waals surface area contributed by atoms with E-state index in [2.05, 4.69) is 30.2 Å². The summed E-state index contributed by atoms with van der Waals surface area (Å²) in [6.07, 6.45) is 3.64. The molecule has 1 aromatic rings. The SMILES string of the molecule is CC(C)CNC(CN)c1cccnc1. The fourth-order valence-electron chi connectivity index (χ4n) is 1.30. The van der Waals surface area contributed by atoms with Crippen molar-refractivity contribution in [1.82, 2.24) is 10.3 Å². The molecule has 3 heteroatoms. The lowest BCUT2D eigenvalue weighted by molar-refractivity contribution is 0.478. The van der Waals surface area contributed by atoms with E-state index >= 15 is 0 Å². The molecule has 0 amide bonds. The second kappa shape index (κ2) is 5.73. The van der Waals surface area contributed by atoms with E-state index in [1.54, 1.807) is 6.20 Å². The van der Waals surface area contributed by atoms with Gasteiger partial charge in [0.15, 0.2) is 0 Å². The zero-order chi connectivity index (χ0) is 10.4. The Balaban J connectivity index is 2.54. The Morgan fingerprint density at radius 2 is 2.29 bits per heavy atom. The third-order valence-electron chi connectivity index (χ3n) is 2.09. The Labute approximate surface area is 85.7 Å². The molecule has 0 spiro atoms. The van der Waals surface area contributed by atoms with Crippen LogP contribution in [0.2, 0.25) is 0 Å². The molecule has 3 nitrogen and oxygen atoms in total. The first-order valence-electron chi connectivity index (χ1n) is 5.07. The van der Waals surface area contributed by atoms with Gasteiger partial charge in [-0.1, -0.05) is 19.9 Å². The average molecular weight is 193 g/mol. The molecule has 1 rings (SSSR count). The molecule has 0 aromatic carbocycles. The molecule has 0 fully saturated rings. The lowest BCUT2D eigenvalue weighted by Crippen LogP contribution is -2.30. The van der Waals surface area contributed by atoms with Crippen LogP contribution in [0, 0.1) is 5.92 Å². The Hall–Kier alpha value is -0.930. The summed E-state index contributed by atoms with van der Waals surface area (Å²) >= 11 is 0. The highest BCUT2D eigenvalue weighted by Crippen LogP contribution is 2.09. The van der Waals surface area contributed by atoms with Gasteiger partial charge in [-0.2, -0.15) is 0 Å². The number of aromatic nitrogens is 1. The summed E-state index contributed by atoms with van der Waals surface area (Å²) in [6.45, 7) is 5.96. The lowest BCUT2D eigenvalue weighted by Gasteiger charge is -2.18. The molecule has 1 aromatic heterocycles. The van der Waals surface area contributed by atoms with Crippen LogP contribution < -0.4 is 11.1 Å². The molecule has 0 saturated heterocycles. The summed E-state index contributed by atoms with van der Waals surface area (Å²) < 4.78 is 0. The predicted octanol–water partition coefficient (Wildman–Crippen LogP) is 1.33. The first-order valence-corrected chi connectivity index (χ1v) is 5.07. The highest BCUT2D eigenvalue weighted by Gasteiger charge is 2.08. The van der Waals surface area contributed by atoms with E-state index in [4.69, 9.17) is 5.73 Å². The smallest absolute Gasteiger partial charge is 0.0459 e. The fourth-order valence-corrected chi connectivity index (χ4v) is 1.30. The molecule has 1 unspecified atom stereocenters. The normalized spacial score (nSPS) is 13.1. The maximum Gasteiger partial charge on any atom is 0.0459 e. The van der Waals surface area contributed by atoms with Crippen LogP contribution in [0.15, 0.2) is 24.5 Å². The van der Waals surface area contributed by atoms with Crippen molar-refractivity contribution >= 4 is 0 Å². The van der Waals surface area contributed by atoms with Crippen LogP contribution in [0.5, 0.6) is 0 Å². The van der Waals surface area contributed by atoms with Crippen LogP contribution in [-0.2, 0) is 0 Å². The first kappa shape index (κ1) is 11.1. The van der Waals surface area contributed by atoms with Gasteiger partial charge < -0.3 is 11.1 Å². The van der Waals surface area contributed by atoms with Crippen molar-refractivity contribution in [2.24, 2.45) is 11.7 Å². The quantitative estimate of drug-likeness (QED) is 0.741. The summed E-state index contributed by atoms with van der Waals surface area (Å²) in [5, 5.41) is 3.42. The molecule has 78 valence electrons. The average Bonchev–Trinajstić information content (AvgIpc) is 2.20. The van der Waals surface area contributed by atoms with Gasteiger partial charge in [0, 0.05) is 25.0 Å². The van der Waals surface area contributed by atoms with Gasteiger partial charge in [0.1, 0.15) is 0 Å². The van der Waals surface area contributed by atoms with Crippen molar-refractivity contribution < 1.29 is 0 Å². The third-order valence-corrected chi connectivity index (χ3v) is 2.09. The third kappa shape index (κ3) is 3.44. The second-order valence-corrected chi connectivity index (χ2v) is 3.88. The van der Waals surface area contributed by atoms with Gasteiger partial charge in [-0.05, 0) is 24.1 Å². The van der Waals surface area contributed by atoms with Gasteiger partial charge in [0.05, 0.1) is 0 Å². The highest BCUT2D eigenvalue weighted by atomic mass is 14.9. The van der Waals surface area contributed by atoms with Crippen LogP contribution in [-0.4, -0.2) is 18.1 Å². The highest BCUT2D eigenvalue weighted by molar-refractivity contribution is 5.14. The predicted molar refractivity (Wildman–Crippen MR) is 58.9 cm³/mol. The fraction of sp³-hybridized carbons (Fsp3) is 0.545. The number of pyridine rings is 1. The molecule has 1 heterocycles. The summed E-state index contributed by atoms with van der Waals surface area (Å²) in [7, 11) is 0. The molecule has 14 heavy (non-hydrogen) atoms. The van der Waals surface area contributed by atoms with Gasteiger partial charge in [-0.15, -0.1) is 0 Å². The Kier molecular flexibility index (Phi) is 4.56. The standard InChI is InChI=1S/C11H19N3/c1-9(2)7-14-11(6-12)10-4-3-5-13-8-10/h3-5,8-9,11,14H,6-7,12H2,1-2H3. The van der Waals surface area contributed by atoms with Crippen molar-refractivity contribution in [1.29, 1.82) is 0 Å². The van der Waals surface area contributed by atoms with Gasteiger partial charge >= 0.3 is 0 Å². The van der Waals surface area contributed by atoms with Crippen LogP contribution in [0.1, 0.15) is 25.5 Å². The molecule has 0 aliphatic carbocycles. The minimum absolute atomic E-state index is 0.228. The molecular formula is C11H19N3.